The van der Waals surface area contributed by atoms with Crippen LogP contribution in [0.3, 0.4) is 0 Å². The van der Waals surface area contributed by atoms with Crippen molar-refractivity contribution in [1.29, 1.82) is 0 Å². The molecule has 0 saturated heterocycles. The Balaban J connectivity index is 1.98. The molecule has 0 atom stereocenters. The minimum Gasteiger partial charge on any atom is -0.388 e. The molecule has 0 saturated carbocycles. The van der Waals surface area contributed by atoms with Crippen molar-refractivity contribution in [2.24, 2.45) is 5.73 Å². The quantitative estimate of drug-likeness (QED) is 0.773. The SMILES string of the molecule is Cc1cc(C(N)=S)nc(NCCn2ccnc2)n1. The highest BCUT2D eigenvalue weighted by molar-refractivity contribution is 7.80. The molecule has 7 heteroatoms. The monoisotopic (exact) mass is 262 g/mol. The van der Waals surface area contributed by atoms with Crippen molar-refractivity contribution in [2.75, 3.05) is 11.9 Å². The van der Waals surface area contributed by atoms with Gasteiger partial charge in [-0.3, -0.25) is 0 Å². The first-order valence-electron chi connectivity index (χ1n) is 5.50. The van der Waals surface area contributed by atoms with Gasteiger partial charge < -0.3 is 15.6 Å². The van der Waals surface area contributed by atoms with E-state index >= 15 is 0 Å². The minimum atomic E-state index is 0.276. The average molecular weight is 262 g/mol. The van der Waals surface area contributed by atoms with Crippen molar-refractivity contribution in [3.8, 4) is 0 Å². The van der Waals surface area contributed by atoms with Gasteiger partial charge in [0.05, 0.1) is 6.33 Å². The van der Waals surface area contributed by atoms with Crippen LogP contribution in [0.4, 0.5) is 5.95 Å². The fraction of sp³-hybridized carbons (Fsp3) is 0.273. The van der Waals surface area contributed by atoms with Gasteiger partial charge in [-0.2, -0.15) is 0 Å². The van der Waals surface area contributed by atoms with E-state index in [-0.39, 0.29) is 4.99 Å². The number of imidazole rings is 1. The van der Waals surface area contributed by atoms with Crippen LogP contribution in [-0.4, -0.2) is 31.1 Å². The van der Waals surface area contributed by atoms with Crippen molar-refractivity contribution < 1.29 is 0 Å². The molecule has 2 aromatic rings. The molecule has 0 aliphatic heterocycles. The highest BCUT2D eigenvalue weighted by atomic mass is 32.1. The molecule has 0 aliphatic rings. The van der Waals surface area contributed by atoms with Gasteiger partial charge in [0.1, 0.15) is 10.7 Å². The lowest BCUT2D eigenvalue weighted by Gasteiger charge is -2.07. The van der Waals surface area contributed by atoms with Crippen molar-refractivity contribution in [1.82, 2.24) is 19.5 Å². The number of rotatable bonds is 5. The Hall–Kier alpha value is -2.02. The van der Waals surface area contributed by atoms with Crippen molar-refractivity contribution >= 4 is 23.2 Å². The van der Waals surface area contributed by atoms with E-state index < -0.39 is 0 Å². The topological polar surface area (TPSA) is 81.6 Å². The van der Waals surface area contributed by atoms with Crippen LogP contribution in [-0.2, 0) is 6.54 Å². The third kappa shape index (κ3) is 3.24. The third-order valence-corrected chi connectivity index (χ3v) is 2.53. The van der Waals surface area contributed by atoms with Crippen LogP contribution in [0, 0.1) is 6.92 Å². The van der Waals surface area contributed by atoms with E-state index in [1.54, 1.807) is 18.6 Å². The Morgan fingerprint density at radius 2 is 2.33 bits per heavy atom. The summed E-state index contributed by atoms with van der Waals surface area (Å²) in [5, 5.41) is 3.13. The van der Waals surface area contributed by atoms with Crippen molar-refractivity contribution in [3.63, 3.8) is 0 Å². The number of aromatic nitrogens is 4. The maximum atomic E-state index is 5.56. The zero-order valence-electron chi connectivity index (χ0n) is 10.00. The number of anilines is 1. The number of thiocarbonyl (C=S) groups is 1. The lowest BCUT2D eigenvalue weighted by molar-refractivity contribution is 0.723. The van der Waals surface area contributed by atoms with Gasteiger partial charge in [-0.15, -0.1) is 0 Å². The van der Waals surface area contributed by atoms with Gasteiger partial charge in [0.25, 0.3) is 0 Å². The van der Waals surface area contributed by atoms with Crippen molar-refractivity contribution in [2.45, 2.75) is 13.5 Å². The molecule has 0 spiro atoms. The number of hydrogen-bond acceptors (Lipinski definition) is 5. The molecule has 2 rings (SSSR count). The van der Waals surface area contributed by atoms with E-state index in [2.05, 4.69) is 20.3 Å². The number of aryl methyl sites for hydroxylation is 1. The van der Waals surface area contributed by atoms with Crippen LogP contribution < -0.4 is 11.1 Å². The zero-order valence-corrected chi connectivity index (χ0v) is 10.8. The number of nitrogens with one attached hydrogen (secondary N) is 1. The maximum absolute atomic E-state index is 5.56. The first-order valence-corrected chi connectivity index (χ1v) is 5.91. The largest absolute Gasteiger partial charge is 0.388 e. The smallest absolute Gasteiger partial charge is 0.223 e. The number of nitrogens with zero attached hydrogens (tertiary/aromatic N) is 4. The molecule has 2 heterocycles. The highest BCUT2D eigenvalue weighted by Crippen LogP contribution is 2.04. The van der Waals surface area contributed by atoms with Gasteiger partial charge in [-0.1, -0.05) is 12.2 Å². The van der Waals surface area contributed by atoms with E-state index in [1.807, 2.05) is 17.7 Å². The lowest BCUT2D eigenvalue weighted by atomic mass is 10.3. The average Bonchev–Trinajstić information content (AvgIpc) is 2.81. The molecular weight excluding hydrogens is 248 g/mol. The molecule has 0 unspecified atom stereocenters. The van der Waals surface area contributed by atoms with Crippen LogP contribution in [0.1, 0.15) is 11.4 Å². The molecular formula is C11H14N6S. The summed E-state index contributed by atoms with van der Waals surface area (Å²) in [6.45, 7) is 3.38. The summed E-state index contributed by atoms with van der Waals surface area (Å²) in [5.41, 5.74) is 6.98. The first kappa shape index (κ1) is 12.4. The first-order chi connectivity index (χ1) is 8.65. The fourth-order valence-electron chi connectivity index (χ4n) is 1.49. The Kier molecular flexibility index (Phi) is 3.83. The summed E-state index contributed by atoms with van der Waals surface area (Å²) in [4.78, 5) is 12.8. The van der Waals surface area contributed by atoms with E-state index in [9.17, 15) is 0 Å². The second-order valence-corrected chi connectivity index (χ2v) is 4.25. The van der Waals surface area contributed by atoms with E-state index in [1.165, 1.54) is 0 Å². The zero-order chi connectivity index (χ0) is 13.0. The second-order valence-electron chi connectivity index (χ2n) is 3.81. The Morgan fingerprint density at radius 1 is 1.50 bits per heavy atom. The fourth-order valence-corrected chi connectivity index (χ4v) is 1.59. The van der Waals surface area contributed by atoms with Crippen LogP contribution in [0.25, 0.3) is 0 Å². The van der Waals surface area contributed by atoms with Crippen LogP contribution in [0.5, 0.6) is 0 Å². The molecule has 0 amide bonds. The van der Waals surface area contributed by atoms with E-state index in [4.69, 9.17) is 18.0 Å². The molecule has 0 radical (unpaired) electrons. The maximum Gasteiger partial charge on any atom is 0.223 e. The molecule has 94 valence electrons. The van der Waals surface area contributed by atoms with E-state index in [0.29, 0.717) is 18.2 Å². The second kappa shape index (κ2) is 5.54. The standard InChI is InChI=1S/C11H14N6S/c1-8-6-9(10(12)18)16-11(15-8)14-3-5-17-4-2-13-7-17/h2,4,6-7H,3,5H2,1H3,(H2,12,18)(H,14,15,16). The normalized spacial score (nSPS) is 10.3. The number of nitrogens with two attached hydrogens (primary N) is 1. The summed E-state index contributed by atoms with van der Waals surface area (Å²) in [6, 6.07) is 1.77. The molecule has 2 aromatic heterocycles. The Morgan fingerprint density at radius 3 is 3.00 bits per heavy atom. The molecule has 0 aromatic carbocycles. The van der Waals surface area contributed by atoms with Crippen LogP contribution in [0.2, 0.25) is 0 Å². The van der Waals surface area contributed by atoms with E-state index in [0.717, 1.165) is 12.2 Å². The van der Waals surface area contributed by atoms with Gasteiger partial charge in [0.15, 0.2) is 0 Å². The Bertz CT molecular complexity index is 536. The van der Waals surface area contributed by atoms with Crippen LogP contribution in [0.15, 0.2) is 24.8 Å². The van der Waals surface area contributed by atoms with Gasteiger partial charge in [0, 0.05) is 31.2 Å². The predicted molar refractivity (Wildman–Crippen MR) is 73.4 cm³/mol. The van der Waals surface area contributed by atoms with Gasteiger partial charge in [-0.05, 0) is 13.0 Å². The molecule has 18 heavy (non-hydrogen) atoms. The molecule has 3 N–H and O–H groups in total. The predicted octanol–water partition coefficient (Wildman–Crippen LogP) is 0.728. The summed E-state index contributed by atoms with van der Waals surface area (Å²) >= 11 is 4.91. The molecule has 0 fully saturated rings. The molecule has 0 aliphatic carbocycles. The summed E-state index contributed by atoms with van der Waals surface area (Å²) in [6.07, 6.45) is 5.41. The van der Waals surface area contributed by atoms with Crippen LogP contribution >= 0.6 is 12.2 Å². The number of hydrogen-bond donors (Lipinski definition) is 2. The third-order valence-electron chi connectivity index (χ3n) is 2.32. The highest BCUT2D eigenvalue weighted by Gasteiger charge is 2.03. The van der Waals surface area contributed by atoms with Gasteiger partial charge >= 0.3 is 0 Å². The summed E-state index contributed by atoms with van der Waals surface area (Å²) < 4.78 is 1.97. The Labute approximate surface area is 110 Å². The lowest BCUT2D eigenvalue weighted by Crippen LogP contribution is -2.16. The summed E-state index contributed by atoms with van der Waals surface area (Å²) in [5.74, 6) is 0.540. The van der Waals surface area contributed by atoms with Crippen molar-refractivity contribution in [3.05, 3.63) is 36.2 Å². The molecule has 0 bridgehead atoms. The molecule has 6 nitrogen and oxygen atoms in total. The summed E-state index contributed by atoms with van der Waals surface area (Å²) in [7, 11) is 0. The van der Waals surface area contributed by atoms with Gasteiger partial charge in [0.2, 0.25) is 5.95 Å². The minimum absolute atomic E-state index is 0.276. The van der Waals surface area contributed by atoms with Gasteiger partial charge in [-0.25, -0.2) is 15.0 Å².